The Morgan fingerprint density at radius 2 is 1.91 bits per heavy atom. The molecule has 0 radical (unpaired) electrons. The van der Waals surface area contributed by atoms with Crippen molar-refractivity contribution in [2.75, 3.05) is 20.6 Å². The molecular weight excluding hydrogens is 322 g/mol. The number of nitrogens with one attached hydrogen (secondary N) is 2. The predicted octanol–water partition coefficient (Wildman–Crippen LogP) is 1.59. The maximum absolute atomic E-state index is 12.4. The van der Waals surface area contributed by atoms with E-state index in [9.17, 15) is 8.42 Å². The topological polar surface area (TPSA) is 61.4 Å². The second kappa shape index (κ2) is 8.26. The molecule has 5 nitrogen and oxygen atoms in total. The van der Waals surface area contributed by atoms with Crippen LogP contribution in [0.25, 0.3) is 0 Å². The molecule has 22 heavy (non-hydrogen) atoms. The summed E-state index contributed by atoms with van der Waals surface area (Å²) in [6.45, 7) is 3.78. The molecule has 1 aliphatic rings. The Bertz CT molecular complexity index is 561. The second-order valence-corrected chi connectivity index (χ2v) is 7.71. The van der Waals surface area contributed by atoms with Crippen LogP contribution in [-0.4, -0.2) is 46.0 Å². The summed E-state index contributed by atoms with van der Waals surface area (Å²) >= 11 is 0. The molecule has 2 atom stereocenters. The average molecular weight is 348 g/mol. The lowest BCUT2D eigenvalue weighted by Crippen LogP contribution is -2.51. The molecule has 1 aliphatic heterocycles. The van der Waals surface area contributed by atoms with E-state index in [-0.39, 0.29) is 24.5 Å². The van der Waals surface area contributed by atoms with Crippen molar-refractivity contribution >= 4 is 22.4 Å². The first kappa shape index (κ1) is 19.4. The van der Waals surface area contributed by atoms with Gasteiger partial charge in [0, 0.05) is 18.6 Å². The average Bonchev–Trinajstić information content (AvgIpc) is 2.41. The van der Waals surface area contributed by atoms with E-state index in [0.29, 0.717) is 4.90 Å². The lowest BCUT2D eigenvalue weighted by Gasteiger charge is -2.30. The Balaban J connectivity index is 0.00000242. The van der Waals surface area contributed by atoms with E-state index in [1.165, 1.54) is 0 Å². The van der Waals surface area contributed by atoms with Crippen molar-refractivity contribution in [3.8, 4) is 0 Å². The maximum atomic E-state index is 12.4. The quantitative estimate of drug-likeness (QED) is 0.849. The minimum atomic E-state index is -3.44. The van der Waals surface area contributed by atoms with Gasteiger partial charge in [0.15, 0.2) is 0 Å². The largest absolute Gasteiger partial charge is 0.313 e. The zero-order valence-corrected chi connectivity index (χ0v) is 15.0. The first-order valence-electron chi connectivity index (χ1n) is 7.38. The molecule has 7 heteroatoms. The Morgan fingerprint density at radius 3 is 2.45 bits per heavy atom. The van der Waals surface area contributed by atoms with Crippen molar-refractivity contribution in [2.45, 2.75) is 43.3 Å². The molecule has 0 aliphatic carbocycles. The Labute approximate surface area is 139 Å². The monoisotopic (exact) mass is 347 g/mol. The van der Waals surface area contributed by atoms with Crippen LogP contribution in [-0.2, 0) is 16.6 Å². The van der Waals surface area contributed by atoms with Gasteiger partial charge in [0.1, 0.15) is 0 Å². The number of benzene rings is 1. The van der Waals surface area contributed by atoms with Gasteiger partial charge in [-0.25, -0.2) is 13.1 Å². The SMILES string of the molecule is CC1NCCCC1NS(=O)(=O)c1ccc(CN(C)C)cc1.Cl. The maximum Gasteiger partial charge on any atom is 0.240 e. The number of hydrogen-bond donors (Lipinski definition) is 2. The molecule has 2 N–H and O–H groups in total. The Kier molecular flexibility index (Phi) is 7.28. The molecule has 0 spiro atoms. The summed E-state index contributed by atoms with van der Waals surface area (Å²) < 4.78 is 27.7. The van der Waals surface area contributed by atoms with Crippen LogP contribution in [0.5, 0.6) is 0 Å². The standard InChI is InChI=1S/C15H25N3O2S.ClH/c1-12-15(5-4-10-16-12)17-21(19,20)14-8-6-13(7-9-14)11-18(2)3;/h6-9,12,15-17H,4-5,10-11H2,1-3H3;1H. The van der Waals surface area contributed by atoms with Crippen LogP contribution < -0.4 is 10.0 Å². The number of piperidine rings is 1. The molecule has 0 amide bonds. The fraction of sp³-hybridized carbons (Fsp3) is 0.600. The zero-order chi connectivity index (χ0) is 15.5. The molecular formula is C15H26ClN3O2S. The molecule has 126 valence electrons. The first-order valence-corrected chi connectivity index (χ1v) is 8.86. The van der Waals surface area contributed by atoms with Gasteiger partial charge in [0.25, 0.3) is 0 Å². The highest BCUT2D eigenvalue weighted by Gasteiger charge is 2.26. The highest BCUT2D eigenvalue weighted by Crippen LogP contribution is 2.15. The number of sulfonamides is 1. The van der Waals surface area contributed by atoms with E-state index >= 15 is 0 Å². The minimum absolute atomic E-state index is 0. The summed E-state index contributed by atoms with van der Waals surface area (Å²) in [4.78, 5) is 2.39. The fourth-order valence-corrected chi connectivity index (χ4v) is 3.96. The highest BCUT2D eigenvalue weighted by molar-refractivity contribution is 7.89. The van der Waals surface area contributed by atoms with Crippen molar-refractivity contribution in [3.63, 3.8) is 0 Å². The Hall–Kier alpha value is -0.660. The van der Waals surface area contributed by atoms with Gasteiger partial charge in [-0.15, -0.1) is 12.4 Å². The van der Waals surface area contributed by atoms with Crippen molar-refractivity contribution in [1.82, 2.24) is 14.9 Å². The van der Waals surface area contributed by atoms with Crippen LogP contribution in [0.15, 0.2) is 29.2 Å². The van der Waals surface area contributed by atoms with Gasteiger partial charge in [-0.05, 0) is 58.1 Å². The van der Waals surface area contributed by atoms with E-state index < -0.39 is 10.0 Å². The molecule has 1 saturated heterocycles. The van der Waals surface area contributed by atoms with Gasteiger partial charge >= 0.3 is 0 Å². The molecule has 2 unspecified atom stereocenters. The highest BCUT2D eigenvalue weighted by atomic mass is 35.5. The summed E-state index contributed by atoms with van der Waals surface area (Å²) in [5.41, 5.74) is 1.10. The summed E-state index contributed by atoms with van der Waals surface area (Å²) in [6.07, 6.45) is 1.88. The zero-order valence-electron chi connectivity index (χ0n) is 13.4. The molecule has 1 heterocycles. The summed E-state index contributed by atoms with van der Waals surface area (Å²) in [6, 6.07) is 7.24. The minimum Gasteiger partial charge on any atom is -0.313 e. The molecule has 2 rings (SSSR count). The Morgan fingerprint density at radius 1 is 1.27 bits per heavy atom. The van der Waals surface area contributed by atoms with Crippen LogP contribution in [0.4, 0.5) is 0 Å². The summed E-state index contributed by atoms with van der Waals surface area (Å²) in [5.74, 6) is 0. The van der Waals surface area contributed by atoms with E-state index in [4.69, 9.17) is 0 Å². The van der Waals surface area contributed by atoms with E-state index in [0.717, 1.165) is 31.5 Å². The lowest BCUT2D eigenvalue weighted by atomic mass is 10.0. The first-order chi connectivity index (χ1) is 9.88. The van der Waals surface area contributed by atoms with Crippen molar-refractivity contribution in [3.05, 3.63) is 29.8 Å². The fourth-order valence-electron chi connectivity index (χ4n) is 2.61. The van der Waals surface area contributed by atoms with Gasteiger partial charge in [-0.3, -0.25) is 0 Å². The van der Waals surface area contributed by atoms with E-state index in [2.05, 4.69) is 14.9 Å². The van der Waals surface area contributed by atoms with Gasteiger partial charge in [0.05, 0.1) is 4.90 Å². The van der Waals surface area contributed by atoms with Crippen LogP contribution in [0, 0.1) is 0 Å². The third-order valence-electron chi connectivity index (χ3n) is 3.80. The molecule has 0 aromatic heterocycles. The number of nitrogens with zero attached hydrogens (tertiary/aromatic N) is 1. The number of rotatable bonds is 5. The van der Waals surface area contributed by atoms with Crippen LogP contribution >= 0.6 is 12.4 Å². The van der Waals surface area contributed by atoms with Crippen LogP contribution in [0.3, 0.4) is 0 Å². The summed E-state index contributed by atoms with van der Waals surface area (Å²) in [7, 11) is 0.538. The van der Waals surface area contributed by atoms with Crippen LogP contribution in [0.1, 0.15) is 25.3 Å². The van der Waals surface area contributed by atoms with Gasteiger partial charge in [-0.2, -0.15) is 0 Å². The predicted molar refractivity (Wildman–Crippen MR) is 91.9 cm³/mol. The van der Waals surface area contributed by atoms with Crippen molar-refractivity contribution in [1.29, 1.82) is 0 Å². The molecule has 1 aromatic carbocycles. The third kappa shape index (κ3) is 5.21. The number of hydrogen-bond acceptors (Lipinski definition) is 4. The van der Waals surface area contributed by atoms with Gasteiger partial charge in [-0.1, -0.05) is 12.1 Å². The van der Waals surface area contributed by atoms with E-state index in [1.54, 1.807) is 12.1 Å². The van der Waals surface area contributed by atoms with Gasteiger partial charge in [0.2, 0.25) is 10.0 Å². The van der Waals surface area contributed by atoms with Crippen LogP contribution in [0.2, 0.25) is 0 Å². The molecule has 1 aromatic rings. The van der Waals surface area contributed by atoms with E-state index in [1.807, 2.05) is 33.2 Å². The third-order valence-corrected chi connectivity index (χ3v) is 5.31. The summed E-state index contributed by atoms with van der Waals surface area (Å²) in [5, 5.41) is 3.30. The molecule has 1 fully saturated rings. The molecule has 0 bridgehead atoms. The smallest absolute Gasteiger partial charge is 0.240 e. The lowest BCUT2D eigenvalue weighted by molar-refractivity contribution is 0.349. The van der Waals surface area contributed by atoms with Crippen molar-refractivity contribution < 1.29 is 8.42 Å². The van der Waals surface area contributed by atoms with Gasteiger partial charge < -0.3 is 10.2 Å². The number of halogens is 1. The molecule has 0 saturated carbocycles. The second-order valence-electron chi connectivity index (χ2n) is 5.99. The normalized spacial score (nSPS) is 22.4. The van der Waals surface area contributed by atoms with Crippen molar-refractivity contribution in [2.24, 2.45) is 0 Å².